The van der Waals surface area contributed by atoms with Crippen molar-refractivity contribution in [1.29, 1.82) is 0 Å². The van der Waals surface area contributed by atoms with Crippen LogP contribution in [0, 0.1) is 0 Å². The van der Waals surface area contributed by atoms with Crippen LogP contribution >= 0.6 is 0 Å². The van der Waals surface area contributed by atoms with Crippen molar-refractivity contribution >= 4 is 0 Å². The van der Waals surface area contributed by atoms with E-state index in [1.807, 2.05) is 0 Å². The van der Waals surface area contributed by atoms with Gasteiger partial charge in [-0.2, -0.15) is 0 Å². The molecule has 1 unspecified atom stereocenters. The van der Waals surface area contributed by atoms with E-state index >= 15 is 0 Å². The monoisotopic (exact) mass is 366 g/mol. The van der Waals surface area contributed by atoms with Gasteiger partial charge in [0, 0.05) is 6.04 Å². The van der Waals surface area contributed by atoms with E-state index in [4.69, 9.17) is 0 Å². The number of nitrogens with one attached hydrogen (secondary N) is 1. The van der Waals surface area contributed by atoms with Gasteiger partial charge in [-0.15, -0.1) is 0 Å². The number of fused-ring (bicyclic) bond motifs is 1. The highest BCUT2D eigenvalue weighted by Crippen LogP contribution is 2.35. The molecule has 0 fully saturated rings. The van der Waals surface area contributed by atoms with Crippen LogP contribution in [0.4, 0.5) is 0 Å². The predicted molar refractivity (Wildman–Crippen MR) is 77.7 cm³/mol. The van der Waals surface area contributed by atoms with Gasteiger partial charge in [0.2, 0.25) is 0 Å². The molecule has 2 aromatic carbocycles. The molecular weight excluding hydrogens is 350 g/mol. The zero-order valence-corrected chi connectivity index (χ0v) is 13.3. The molecule has 1 atom stereocenters. The van der Waals surface area contributed by atoms with Crippen LogP contribution in [-0.2, 0) is 12.8 Å². The fourth-order valence-corrected chi connectivity index (χ4v) is 2.78. The molecule has 0 saturated heterocycles. The summed E-state index contributed by atoms with van der Waals surface area (Å²) in [7, 11) is 0. The molecule has 1 aliphatic heterocycles. The Kier molecular flexibility index (Phi) is 4.83. The summed E-state index contributed by atoms with van der Waals surface area (Å²) < 4.78 is 0. The topological polar surface area (TPSA) is 93.0 Å². The second-order valence-corrected chi connectivity index (χ2v) is 5.32. The molecule has 3 rings (SSSR count). The third-order valence-electron chi connectivity index (χ3n) is 3.88. The molecule has 0 aliphatic carbocycles. The van der Waals surface area contributed by atoms with Crippen molar-refractivity contribution in [3.63, 3.8) is 0 Å². The number of hydrogen-bond donors (Lipinski definition) is 5. The van der Waals surface area contributed by atoms with Crippen molar-refractivity contribution < 1.29 is 37.4 Å². The summed E-state index contributed by atoms with van der Waals surface area (Å²) in [5, 5.41) is 41.6. The lowest BCUT2D eigenvalue weighted by Gasteiger charge is -2.27. The van der Waals surface area contributed by atoms with Crippen molar-refractivity contribution in [3.8, 4) is 23.0 Å². The molecule has 6 heteroatoms. The maximum Gasteiger partial charge on any atom is 0.157 e. The summed E-state index contributed by atoms with van der Waals surface area (Å²) in [5.74, 6) is -0.511. The first-order valence-corrected chi connectivity index (χ1v) is 6.83. The fourth-order valence-electron chi connectivity index (χ4n) is 2.78. The van der Waals surface area contributed by atoms with E-state index in [1.54, 1.807) is 18.2 Å². The third-order valence-corrected chi connectivity index (χ3v) is 3.88. The second-order valence-electron chi connectivity index (χ2n) is 5.32. The van der Waals surface area contributed by atoms with Crippen LogP contribution in [0.2, 0.25) is 0 Å². The first-order valence-electron chi connectivity index (χ1n) is 6.83. The van der Waals surface area contributed by atoms with Crippen LogP contribution in [0.5, 0.6) is 23.0 Å². The van der Waals surface area contributed by atoms with Gasteiger partial charge in [0.15, 0.2) is 23.0 Å². The van der Waals surface area contributed by atoms with Crippen molar-refractivity contribution in [3.05, 3.63) is 47.0 Å². The SMILES string of the molecule is Oc1ccc(CC2NCCc3cc(O)c(O)cc32)cc1O.[Br-]. The summed E-state index contributed by atoms with van der Waals surface area (Å²) in [5.41, 5.74) is 2.84. The van der Waals surface area contributed by atoms with Gasteiger partial charge in [-0.1, -0.05) is 6.07 Å². The lowest BCUT2D eigenvalue weighted by molar-refractivity contribution is -0.00000787. The Balaban J connectivity index is 0.00000176. The van der Waals surface area contributed by atoms with Gasteiger partial charge < -0.3 is 42.7 Å². The van der Waals surface area contributed by atoms with Crippen LogP contribution < -0.4 is 22.3 Å². The summed E-state index contributed by atoms with van der Waals surface area (Å²) in [6.07, 6.45) is 1.41. The van der Waals surface area contributed by atoms with Crippen LogP contribution in [0.3, 0.4) is 0 Å². The first kappa shape index (κ1) is 16.5. The highest BCUT2D eigenvalue weighted by Gasteiger charge is 2.22. The van der Waals surface area contributed by atoms with Crippen molar-refractivity contribution in [2.45, 2.75) is 18.9 Å². The minimum atomic E-state index is -0.142. The van der Waals surface area contributed by atoms with Crippen LogP contribution in [-0.4, -0.2) is 27.0 Å². The molecule has 0 saturated carbocycles. The van der Waals surface area contributed by atoms with Crippen LogP contribution in [0.1, 0.15) is 22.7 Å². The number of phenols is 4. The molecule has 1 heterocycles. The lowest BCUT2D eigenvalue weighted by Crippen LogP contribution is -3.00. The smallest absolute Gasteiger partial charge is 0.157 e. The van der Waals surface area contributed by atoms with E-state index in [9.17, 15) is 20.4 Å². The van der Waals surface area contributed by atoms with Crippen molar-refractivity contribution in [2.75, 3.05) is 6.54 Å². The maximum absolute atomic E-state index is 9.69. The first-order chi connectivity index (χ1) is 10.0. The largest absolute Gasteiger partial charge is 1.00 e. The molecule has 0 amide bonds. The standard InChI is InChI=1S/C16H17NO4.BrH/c18-13-2-1-9(6-14(13)19)5-12-11-8-16(21)15(20)7-10(11)3-4-17-12;/h1-2,6-8,12,17-21H,3-5H2;1H/p-1. The number of aromatic hydroxyl groups is 4. The summed E-state index contributed by atoms with van der Waals surface area (Å²) in [4.78, 5) is 0. The van der Waals surface area contributed by atoms with E-state index in [2.05, 4.69) is 5.32 Å². The molecule has 0 spiro atoms. The number of rotatable bonds is 2. The summed E-state index contributed by atoms with van der Waals surface area (Å²) >= 11 is 0. The Morgan fingerprint density at radius 2 is 1.59 bits per heavy atom. The molecule has 5 N–H and O–H groups in total. The van der Waals surface area contributed by atoms with E-state index in [0.29, 0.717) is 6.42 Å². The lowest BCUT2D eigenvalue weighted by atomic mass is 9.90. The van der Waals surface area contributed by atoms with Crippen molar-refractivity contribution in [2.24, 2.45) is 0 Å². The quantitative estimate of drug-likeness (QED) is 0.437. The average Bonchev–Trinajstić information content (AvgIpc) is 2.45. The van der Waals surface area contributed by atoms with Crippen molar-refractivity contribution in [1.82, 2.24) is 5.32 Å². The van der Waals surface area contributed by atoms with Gasteiger partial charge >= 0.3 is 0 Å². The number of halogens is 1. The van der Waals surface area contributed by atoms with Gasteiger partial charge in [0.1, 0.15) is 0 Å². The molecule has 0 bridgehead atoms. The van der Waals surface area contributed by atoms with E-state index < -0.39 is 0 Å². The number of benzene rings is 2. The van der Waals surface area contributed by atoms with E-state index in [-0.39, 0.29) is 46.0 Å². The van der Waals surface area contributed by atoms with Gasteiger partial charge in [0.05, 0.1) is 0 Å². The molecule has 5 nitrogen and oxygen atoms in total. The predicted octanol–water partition coefficient (Wildman–Crippen LogP) is -1.06. The van der Waals surface area contributed by atoms with Gasteiger partial charge in [-0.3, -0.25) is 0 Å². The Labute approximate surface area is 138 Å². The third kappa shape index (κ3) is 3.13. The molecule has 22 heavy (non-hydrogen) atoms. The highest BCUT2D eigenvalue weighted by molar-refractivity contribution is 5.48. The Morgan fingerprint density at radius 1 is 0.909 bits per heavy atom. The van der Waals surface area contributed by atoms with Gasteiger partial charge in [0.25, 0.3) is 0 Å². The van der Waals surface area contributed by atoms with E-state index in [1.165, 1.54) is 12.1 Å². The molecule has 0 aromatic heterocycles. The Hall–Kier alpha value is -1.92. The molecule has 118 valence electrons. The molecular formula is C16H17BrNO4-. The molecule has 2 aromatic rings. The summed E-state index contributed by atoms with van der Waals surface area (Å²) in [6.45, 7) is 0.784. The minimum absolute atomic E-state index is 0. The fraction of sp³-hybridized carbons (Fsp3) is 0.250. The molecule has 0 radical (unpaired) electrons. The van der Waals surface area contributed by atoms with Crippen LogP contribution in [0.15, 0.2) is 30.3 Å². The Morgan fingerprint density at radius 3 is 2.32 bits per heavy atom. The zero-order valence-electron chi connectivity index (χ0n) is 11.8. The number of phenolic OH excluding ortho intramolecular Hbond substituents is 4. The number of hydrogen-bond acceptors (Lipinski definition) is 5. The normalized spacial score (nSPS) is 16.6. The van der Waals surface area contributed by atoms with Gasteiger partial charge in [-0.25, -0.2) is 0 Å². The van der Waals surface area contributed by atoms with Gasteiger partial charge in [-0.05, 0) is 60.3 Å². The maximum atomic E-state index is 9.69. The highest BCUT2D eigenvalue weighted by atomic mass is 79.9. The minimum Gasteiger partial charge on any atom is -1.00 e. The Bertz CT molecular complexity index is 690. The van der Waals surface area contributed by atoms with E-state index in [0.717, 1.165) is 29.7 Å². The van der Waals surface area contributed by atoms with Crippen LogP contribution in [0.25, 0.3) is 0 Å². The summed E-state index contributed by atoms with van der Waals surface area (Å²) in [6, 6.07) is 7.93. The average molecular weight is 367 g/mol. The second kappa shape index (κ2) is 6.46. The zero-order chi connectivity index (χ0) is 15.0. The molecule has 1 aliphatic rings.